The highest BCUT2D eigenvalue weighted by atomic mass is 35.5. The topological polar surface area (TPSA) is 74.3 Å². The minimum atomic E-state index is -0.331. The molecule has 0 saturated carbocycles. The largest absolute Gasteiger partial charge is 0.325 e. The van der Waals surface area contributed by atoms with Gasteiger partial charge in [0.2, 0.25) is 11.8 Å². The van der Waals surface area contributed by atoms with Crippen LogP contribution in [0.1, 0.15) is 5.56 Å². The van der Waals surface area contributed by atoms with Crippen molar-refractivity contribution in [1.29, 1.82) is 0 Å². The number of aryl methyl sites for hydroxylation is 1. The lowest BCUT2D eigenvalue weighted by Crippen LogP contribution is -2.36. The van der Waals surface area contributed by atoms with Crippen molar-refractivity contribution in [3.8, 4) is 0 Å². The molecule has 2 rings (SSSR count). The molecule has 1 aromatic carbocycles. The van der Waals surface area contributed by atoms with E-state index in [1.54, 1.807) is 11.9 Å². The van der Waals surface area contributed by atoms with E-state index in [4.69, 9.17) is 23.2 Å². The number of hydrogen-bond acceptors (Lipinski definition) is 4. The minimum Gasteiger partial charge on any atom is -0.325 e. The molecule has 0 radical (unpaired) electrons. The number of pyridine rings is 1. The molecule has 0 saturated heterocycles. The van der Waals surface area contributed by atoms with Gasteiger partial charge >= 0.3 is 0 Å². The third-order valence-corrected chi connectivity index (χ3v) is 3.72. The number of amides is 2. The number of anilines is 2. The summed E-state index contributed by atoms with van der Waals surface area (Å²) < 4.78 is 0. The SMILES string of the molecule is Cc1ccc(NC(=O)CN(C)CC(=O)Nc2ncc(Cl)cc2Cl)cc1. The fourth-order valence-corrected chi connectivity index (χ4v) is 2.49. The Bertz CT molecular complexity index is 766. The molecule has 25 heavy (non-hydrogen) atoms. The maximum absolute atomic E-state index is 12.0. The Morgan fingerprint density at radius 3 is 2.28 bits per heavy atom. The van der Waals surface area contributed by atoms with E-state index in [0.717, 1.165) is 5.56 Å². The Morgan fingerprint density at radius 1 is 1.08 bits per heavy atom. The summed E-state index contributed by atoms with van der Waals surface area (Å²) in [6.45, 7) is 2.06. The molecule has 0 aliphatic carbocycles. The number of nitrogens with zero attached hydrogens (tertiary/aromatic N) is 2. The van der Waals surface area contributed by atoms with E-state index >= 15 is 0 Å². The highest BCUT2D eigenvalue weighted by molar-refractivity contribution is 6.36. The Hall–Kier alpha value is -2.15. The summed E-state index contributed by atoms with van der Waals surface area (Å²) in [6.07, 6.45) is 1.39. The first-order chi connectivity index (χ1) is 11.8. The number of carbonyl (C=O) groups excluding carboxylic acids is 2. The average molecular weight is 381 g/mol. The second-order valence-electron chi connectivity index (χ2n) is 5.62. The second kappa shape index (κ2) is 8.80. The lowest BCUT2D eigenvalue weighted by molar-refractivity contribution is -0.119. The summed E-state index contributed by atoms with van der Waals surface area (Å²) in [7, 11) is 1.67. The standard InChI is InChI=1S/C17H18Cl2N4O2/c1-11-3-5-13(6-4-11)21-15(24)9-23(2)10-16(25)22-17-14(19)7-12(18)8-20-17/h3-8H,9-10H2,1-2H3,(H,21,24)(H,20,22,25). The molecule has 0 atom stereocenters. The first kappa shape index (κ1) is 19.2. The molecule has 2 N–H and O–H groups in total. The van der Waals surface area contributed by atoms with Crippen molar-refractivity contribution in [1.82, 2.24) is 9.88 Å². The molecule has 132 valence electrons. The predicted molar refractivity (Wildman–Crippen MR) is 100 cm³/mol. The van der Waals surface area contributed by atoms with E-state index < -0.39 is 0 Å². The molecule has 8 heteroatoms. The van der Waals surface area contributed by atoms with Gasteiger partial charge in [-0.1, -0.05) is 40.9 Å². The molecule has 2 aromatic rings. The predicted octanol–water partition coefficient (Wildman–Crippen LogP) is 3.21. The zero-order valence-corrected chi connectivity index (χ0v) is 15.4. The molecule has 1 aromatic heterocycles. The van der Waals surface area contributed by atoms with Crippen LogP contribution in [0.25, 0.3) is 0 Å². The van der Waals surface area contributed by atoms with Gasteiger partial charge in [-0.05, 0) is 32.2 Å². The first-order valence-corrected chi connectivity index (χ1v) is 8.25. The molecule has 0 spiro atoms. The Balaban J connectivity index is 1.82. The van der Waals surface area contributed by atoms with Gasteiger partial charge in [0.15, 0.2) is 5.82 Å². The fraction of sp³-hybridized carbons (Fsp3) is 0.235. The van der Waals surface area contributed by atoms with Crippen LogP contribution in [0.3, 0.4) is 0 Å². The number of carbonyl (C=O) groups is 2. The van der Waals surface area contributed by atoms with Crippen LogP contribution in [0, 0.1) is 6.92 Å². The monoisotopic (exact) mass is 380 g/mol. The smallest absolute Gasteiger partial charge is 0.239 e. The quantitative estimate of drug-likeness (QED) is 0.806. The third-order valence-electron chi connectivity index (χ3n) is 3.23. The van der Waals surface area contributed by atoms with E-state index in [-0.39, 0.29) is 35.7 Å². The van der Waals surface area contributed by atoms with Crippen LogP contribution in [0.2, 0.25) is 10.0 Å². The van der Waals surface area contributed by atoms with Gasteiger partial charge in [0, 0.05) is 11.9 Å². The molecule has 0 unspecified atom stereocenters. The average Bonchev–Trinajstić information content (AvgIpc) is 2.52. The maximum Gasteiger partial charge on any atom is 0.239 e. The van der Waals surface area contributed by atoms with Crippen LogP contribution < -0.4 is 10.6 Å². The van der Waals surface area contributed by atoms with Crippen LogP contribution in [0.15, 0.2) is 36.5 Å². The van der Waals surface area contributed by atoms with E-state index in [2.05, 4.69) is 15.6 Å². The highest BCUT2D eigenvalue weighted by Gasteiger charge is 2.13. The minimum absolute atomic E-state index is 0.0158. The molecule has 2 amide bonds. The highest BCUT2D eigenvalue weighted by Crippen LogP contribution is 2.22. The number of likely N-dealkylation sites (N-methyl/N-ethyl adjacent to an activating group) is 1. The van der Waals surface area contributed by atoms with Crippen molar-refractivity contribution < 1.29 is 9.59 Å². The van der Waals surface area contributed by atoms with Crippen LogP contribution in [0.5, 0.6) is 0 Å². The van der Waals surface area contributed by atoms with E-state index in [1.807, 2.05) is 31.2 Å². The molecule has 1 heterocycles. The van der Waals surface area contributed by atoms with Crippen molar-refractivity contribution in [2.45, 2.75) is 6.92 Å². The van der Waals surface area contributed by atoms with E-state index in [0.29, 0.717) is 10.7 Å². The van der Waals surface area contributed by atoms with Gasteiger partial charge in [0.25, 0.3) is 0 Å². The van der Waals surface area contributed by atoms with Crippen LogP contribution >= 0.6 is 23.2 Å². The second-order valence-corrected chi connectivity index (χ2v) is 6.46. The summed E-state index contributed by atoms with van der Waals surface area (Å²) in [6, 6.07) is 8.97. The van der Waals surface area contributed by atoms with Gasteiger partial charge < -0.3 is 10.6 Å². The van der Waals surface area contributed by atoms with Crippen LogP contribution in [-0.2, 0) is 9.59 Å². The summed E-state index contributed by atoms with van der Waals surface area (Å²) >= 11 is 11.7. The summed E-state index contributed by atoms with van der Waals surface area (Å²) in [5.74, 6) is -0.308. The van der Waals surface area contributed by atoms with Gasteiger partial charge in [-0.3, -0.25) is 14.5 Å². The molecule has 0 fully saturated rings. The van der Waals surface area contributed by atoms with Gasteiger partial charge in [-0.2, -0.15) is 0 Å². The van der Waals surface area contributed by atoms with Crippen LogP contribution in [0.4, 0.5) is 11.5 Å². The van der Waals surface area contributed by atoms with Crippen molar-refractivity contribution in [3.05, 3.63) is 52.1 Å². The maximum atomic E-state index is 12.0. The molecule has 0 aliphatic heterocycles. The Morgan fingerprint density at radius 2 is 1.68 bits per heavy atom. The number of aromatic nitrogens is 1. The van der Waals surface area contributed by atoms with Crippen molar-refractivity contribution >= 4 is 46.5 Å². The molecule has 0 bridgehead atoms. The van der Waals surface area contributed by atoms with Crippen molar-refractivity contribution in [2.24, 2.45) is 0 Å². The lowest BCUT2D eigenvalue weighted by atomic mass is 10.2. The third kappa shape index (κ3) is 6.34. The van der Waals surface area contributed by atoms with Gasteiger partial charge in [0.05, 0.1) is 23.1 Å². The van der Waals surface area contributed by atoms with Crippen molar-refractivity contribution in [3.63, 3.8) is 0 Å². The number of rotatable bonds is 6. The lowest BCUT2D eigenvalue weighted by Gasteiger charge is -2.16. The molecule has 6 nitrogen and oxygen atoms in total. The van der Waals surface area contributed by atoms with E-state index in [1.165, 1.54) is 12.3 Å². The zero-order chi connectivity index (χ0) is 18.4. The first-order valence-electron chi connectivity index (χ1n) is 7.49. The zero-order valence-electron chi connectivity index (χ0n) is 13.8. The summed E-state index contributed by atoms with van der Waals surface area (Å²) in [5.41, 5.74) is 1.83. The van der Waals surface area contributed by atoms with Gasteiger partial charge in [0.1, 0.15) is 0 Å². The molecular formula is C17H18Cl2N4O2. The number of nitrogens with one attached hydrogen (secondary N) is 2. The van der Waals surface area contributed by atoms with E-state index in [9.17, 15) is 9.59 Å². The molecular weight excluding hydrogens is 363 g/mol. The normalized spacial score (nSPS) is 10.6. The molecule has 0 aliphatic rings. The van der Waals surface area contributed by atoms with Gasteiger partial charge in [-0.25, -0.2) is 4.98 Å². The fourth-order valence-electron chi connectivity index (χ4n) is 2.06. The van der Waals surface area contributed by atoms with Crippen LogP contribution in [-0.4, -0.2) is 41.8 Å². The van der Waals surface area contributed by atoms with Gasteiger partial charge in [-0.15, -0.1) is 0 Å². The Kier molecular flexibility index (Phi) is 6.75. The summed E-state index contributed by atoms with van der Waals surface area (Å²) in [4.78, 5) is 29.6. The summed E-state index contributed by atoms with van der Waals surface area (Å²) in [5, 5.41) is 5.99. The van der Waals surface area contributed by atoms with Crippen molar-refractivity contribution in [2.75, 3.05) is 30.8 Å². The number of halogens is 2. The number of hydrogen-bond donors (Lipinski definition) is 2. The number of benzene rings is 1. The Labute approximate surface area is 156 Å².